The maximum atomic E-state index is 12.1. The van der Waals surface area contributed by atoms with Crippen LogP contribution in [0.3, 0.4) is 0 Å². The van der Waals surface area contributed by atoms with E-state index >= 15 is 0 Å². The number of rotatable bonds is 3. The topological polar surface area (TPSA) is 47.6 Å². The van der Waals surface area contributed by atoms with Crippen LogP contribution in [0, 0.1) is 6.92 Å². The normalized spacial score (nSPS) is 13.6. The summed E-state index contributed by atoms with van der Waals surface area (Å²) in [5.74, 6) is 1.30. The van der Waals surface area contributed by atoms with E-state index in [4.69, 9.17) is 9.47 Å². The number of hydrogen-bond acceptors (Lipinski definition) is 3. The van der Waals surface area contributed by atoms with Gasteiger partial charge in [0.05, 0.1) is 13.2 Å². The first-order valence-electron chi connectivity index (χ1n) is 7.77. The van der Waals surface area contributed by atoms with Gasteiger partial charge in [-0.15, -0.1) is 0 Å². The molecule has 0 unspecified atom stereocenters. The molecule has 4 nitrogen and oxygen atoms in total. The minimum absolute atomic E-state index is 0.174. The standard InChI is InChI=1S/C19H18BrNO3/c1-13-11-15(20)5-6-16(13)21-19(22)8-4-14-3-7-17-18(12-14)24-10-2-9-23-17/h3-8,11-12H,2,9-10H2,1H3,(H,21,22)/b8-4+. The maximum Gasteiger partial charge on any atom is 0.248 e. The Bertz CT molecular complexity index is 786. The second-order valence-corrected chi connectivity index (χ2v) is 6.45. The molecule has 3 rings (SSSR count). The molecule has 1 amide bonds. The van der Waals surface area contributed by atoms with Crippen molar-refractivity contribution >= 4 is 33.6 Å². The number of carbonyl (C=O) groups is 1. The Hall–Kier alpha value is -2.27. The number of fused-ring (bicyclic) bond motifs is 1. The Labute approximate surface area is 149 Å². The predicted molar refractivity (Wildman–Crippen MR) is 98.6 cm³/mol. The number of amides is 1. The third kappa shape index (κ3) is 4.17. The fraction of sp³-hybridized carbons (Fsp3) is 0.211. The van der Waals surface area contributed by atoms with E-state index in [9.17, 15) is 4.79 Å². The van der Waals surface area contributed by atoms with E-state index in [0.29, 0.717) is 13.2 Å². The molecule has 124 valence electrons. The van der Waals surface area contributed by atoms with Crippen molar-refractivity contribution in [3.63, 3.8) is 0 Å². The summed E-state index contributed by atoms with van der Waals surface area (Å²) in [5.41, 5.74) is 2.69. The summed E-state index contributed by atoms with van der Waals surface area (Å²) in [5, 5.41) is 2.88. The number of ether oxygens (including phenoxy) is 2. The third-order valence-corrected chi connectivity index (χ3v) is 4.14. The van der Waals surface area contributed by atoms with Gasteiger partial charge in [0.15, 0.2) is 11.5 Å². The van der Waals surface area contributed by atoms with E-state index in [2.05, 4.69) is 21.2 Å². The number of anilines is 1. The molecule has 1 aliphatic heterocycles. The highest BCUT2D eigenvalue weighted by atomic mass is 79.9. The molecule has 5 heteroatoms. The molecule has 2 aromatic carbocycles. The number of halogens is 1. The van der Waals surface area contributed by atoms with Gasteiger partial charge in [-0.05, 0) is 54.5 Å². The van der Waals surface area contributed by atoms with Gasteiger partial charge < -0.3 is 14.8 Å². The van der Waals surface area contributed by atoms with Gasteiger partial charge in [0.1, 0.15) is 0 Å². The number of carbonyl (C=O) groups excluding carboxylic acids is 1. The summed E-state index contributed by atoms with van der Waals surface area (Å²) in [6, 6.07) is 11.4. The Balaban J connectivity index is 1.69. The Morgan fingerprint density at radius 2 is 1.92 bits per heavy atom. The lowest BCUT2D eigenvalue weighted by atomic mass is 10.1. The summed E-state index contributed by atoms with van der Waals surface area (Å²) >= 11 is 3.41. The van der Waals surface area contributed by atoms with Crippen LogP contribution >= 0.6 is 15.9 Å². The number of aryl methyl sites for hydroxylation is 1. The van der Waals surface area contributed by atoms with Crippen molar-refractivity contribution in [3.05, 3.63) is 58.1 Å². The van der Waals surface area contributed by atoms with Crippen molar-refractivity contribution in [2.75, 3.05) is 18.5 Å². The minimum atomic E-state index is -0.174. The summed E-state index contributed by atoms with van der Waals surface area (Å²) in [7, 11) is 0. The van der Waals surface area contributed by atoms with Crippen LogP contribution in [0.15, 0.2) is 46.9 Å². The smallest absolute Gasteiger partial charge is 0.248 e. The first-order chi connectivity index (χ1) is 11.6. The fourth-order valence-electron chi connectivity index (χ4n) is 2.40. The average molecular weight is 388 g/mol. The zero-order valence-corrected chi connectivity index (χ0v) is 14.9. The highest BCUT2D eigenvalue weighted by Crippen LogP contribution is 2.30. The van der Waals surface area contributed by atoms with Crippen molar-refractivity contribution in [3.8, 4) is 11.5 Å². The SMILES string of the molecule is Cc1cc(Br)ccc1NC(=O)/C=C/c1ccc2c(c1)OCCCO2. The van der Waals surface area contributed by atoms with E-state index in [1.54, 1.807) is 6.08 Å². The van der Waals surface area contributed by atoms with E-state index in [1.807, 2.05) is 43.3 Å². The van der Waals surface area contributed by atoms with Crippen LogP contribution in [-0.4, -0.2) is 19.1 Å². The molecule has 1 aliphatic rings. The molecule has 0 saturated carbocycles. The van der Waals surface area contributed by atoms with Gasteiger partial charge in [-0.25, -0.2) is 0 Å². The number of nitrogens with one attached hydrogen (secondary N) is 1. The van der Waals surface area contributed by atoms with Crippen LogP contribution in [0.25, 0.3) is 6.08 Å². The second-order valence-electron chi connectivity index (χ2n) is 5.54. The van der Waals surface area contributed by atoms with Crippen LogP contribution in [0.1, 0.15) is 17.5 Å². The van der Waals surface area contributed by atoms with Gasteiger partial charge in [0, 0.05) is 22.7 Å². The summed E-state index contributed by atoms with van der Waals surface area (Å²) < 4.78 is 12.2. The van der Waals surface area contributed by atoms with E-state index in [1.165, 1.54) is 6.08 Å². The van der Waals surface area contributed by atoms with Crippen LogP contribution in [0.4, 0.5) is 5.69 Å². The lowest BCUT2D eigenvalue weighted by molar-refractivity contribution is -0.111. The molecule has 0 fully saturated rings. The Morgan fingerprint density at radius 1 is 1.12 bits per heavy atom. The Kier molecular flexibility index (Phi) is 5.20. The third-order valence-electron chi connectivity index (χ3n) is 3.65. The van der Waals surface area contributed by atoms with Crippen molar-refractivity contribution in [1.82, 2.24) is 0 Å². The van der Waals surface area contributed by atoms with E-state index in [0.717, 1.165) is 39.2 Å². The first-order valence-corrected chi connectivity index (χ1v) is 8.56. The van der Waals surface area contributed by atoms with Gasteiger partial charge >= 0.3 is 0 Å². The van der Waals surface area contributed by atoms with E-state index in [-0.39, 0.29) is 5.91 Å². The lowest BCUT2D eigenvalue weighted by Crippen LogP contribution is -2.08. The van der Waals surface area contributed by atoms with Crippen molar-refractivity contribution in [1.29, 1.82) is 0 Å². The van der Waals surface area contributed by atoms with Crippen LogP contribution in [0.2, 0.25) is 0 Å². The van der Waals surface area contributed by atoms with Gasteiger partial charge in [-0.1, -0.05) is 22.0 Å². The van der Waals surface area contributed by atoms with Gasteiger partial charge in [-0.3, -0.25) is 4.79 Å². The highest BCUT2D eigenvalue weighted by molar-refractivity contribution is 9.10. The lowest BCUT2D eigenvalue weighted by Gasteiger charge is -2.08. The minimum Gasteiger partial charge on any atom is -0.490 e. The summed E-state index contributed by atoms with van der Waals surface area (Å²) in [4.78, 5) is 12.1. The van der Waals surface area contributed by atoms with Crippen molar-refractivity contribution < 1.29 is 14.3 Å². The van der Waals surface area contributed by atoms with Gasteiger partial charge in [0.2, 0.25) is 5.91 Å². The zero-order chi connectivity index (χ0) is 16.9. The molecule has 0 saturated heterocycles. The number of hydrogen-bond donors (Lipinski definition) is 1. The zero-order valence-electron chi connectivity index (χ0n) is 13.3. The molecule has 2 aromatic rings. The molecule has 1 heterocycles. The molecule has 1 N–H and O–H groups in total. The van der Waals surface area contributed by atoms with Gasteiger partial charge in [-0.2, -0.15) is 0 Å². The van der Waals surface area contributed by atoms with Crippen LogP contribution in [0.5, 0.6) is 11.5 Å². The second kappa shape index (κ2) is 7.53. The molecule has 0 bridgehead atoms. The van der Waals surface area contributed by atoms with Gasteiger partial charge in [0.25, 0.3) is 0 Å². The monoisotopic (exact) mass is 387 g/mol. The molecule has 0 aromatic heterocycles. The number of benzene rings is 2. The van der Waals surface area contributed by atoms with E-state index < -0.39 is 0 Å². The summed E-state index contributed by atoms with van der Waals surface area (Å²) in [6.07, 6.45) is 4.15. The molecule has 0 aliphatic carbocycles. The Morgan fingerprint density at radius 3 is 2.71 bits per heavy atom. The van der Waals surface area contributed by atoms with Crippen molar-refractivity contribution in [2.45, 2.75) is 13.3 Å². The molecule has 0 spiro atoms. The molecule has 0 atom stereocenters. The predicted octanol–water partition coefficient (Wildman–Crippen LogP) is 4.57. The first kappa shape index (κ1) is 16.6. The largest absolute Gasteiger partial charge is 0.490 e. The van der Waals surface area contributed by atoms with Crippen LogP contribution < -0.4 is 14.8 Å². The molecular formula is C19H18BrNO3. The molecular weight excluding hydrogens is 370 g/mol. The van der Waals surface area contributed by atoms with Crippen molar-refractivity contribution in [2.24, 2.45) is 0 Å². The fourth-order valence-corrected chi connectivity index (χ4v) is 2.87. The quantitative estimate of drug-likeness (QED) is 0.784. The summed E-state index contributed by atoms with van der Waals surface area (Å²) in [6.45, 7) is 3.26. The molecule has 24 heavy (non-hydrogen) atoms. The molecule has 0 radical (unpaired) electrons. The highest BCUT2D eigenvalue weighted by Gasteiger charge is 2.10. The average Bonchev–Trinajstić information content (AvgIpc) is 2.80. The maximum absolute atomic E-state index is 12.1. The van der Waals surface area contributed by atoms with Crippen LogP contribution in [-0.2, 0) is 4.79 Å².